The molecule has 1 amide bonds. The van der Waals surface area contributed by atoms with Gasteiger partial charge >= 0.3 is 5.97 Å². The third kappa shape index (κ3) is 6.44. The van der Waals surface area contributed by atoms with Gasteiger partial charge in [-0.1, -0.05) is 13.3 Å². The second kappa shape index (κ2) is 9.00. The van der Waals surface area contributed by atoms with Crippen molar-refractivity contribution in [2.75, 3.05) is 32.7 Å². The molecule has 0 aromatic rings. The smallest absolute Gasteiger partial charge is 0.317 e. The number of carbonyl (C=O) groups excluding carboxylic acids is 1. The van der Waals surface area contributed by atoms with Crippen LogP contribution in [0, 0.1) is 0 Å². The van der Waals surface area contributed by atoms with Crippen LogP contribution in [0.25, 0.3) is 0 Å². The van der Waals surface area contributed by atoms with Crippen LogP contribution in [0.3, 0.4) is 0 Å². The van der Waals surface area contributed by atoms with Crippen molar-refractivity contribution >= 4 is 11.9 Å². The first-order valence-electron chi connectivity index (χ1n) is 7.92. The number of hydrogen-bond acceptors (Lipinski definition) is 4. The zero-order valence-electron chi connectivity index (χ0n) is 13.5. The molecule has 1 aliphatic heterocycles. The van der Waals surface area contributed by atoms with Gasteiger partial charge in [-0.15, -0.1) is 0 Å². The highest BCUT2D eigenvalue weighted by atomic mass is 16.4. The Labute approximate surface area is 127 Å². The summed E-state index contributed by atoms with van der Waals surface area (Å²) >= 11 is 0. The number of nitrogens with one attached hydrogen (secondary N) is 1. The first kappa shape index (κ1) is 17.9. The van der Waals surface area contributed by atoms with Crippen molar-refractivity contribution in [2.45, 2.75) is 52.1 Å². The Kier molecular flexibility index (Phi) is 7.67. The van der Waals surface area contributed by atoms with Crippen molar-refractivity contribution in [2.24, 2.45) is 0 Å². The molecule has 0 saturated carbocycles. The largest absolute Gasteiger partial charge is 0.480 e. The van der Waals surface area contributed by atoms with Crippen LogP contribution in [0.1, 0.15) is 40.0 Å². The molecule has 0 aromatic carbocycles. The molecule has 1 fully saturated rings. The van der Waals surface area contributed by atoms with Gasteiger partial charge in [0.15, 0.2) is 0 Å². The summed E-state index contributed by atoms with van der Waals surface area (Å²) in [5.74, 6) is -0.717. The summed E-state index contributed by atoms with van der Waals surface area (Å²) in [6.45, 7) is 9.22. The van der Waals surface area contributed by atoms with Crippen LogP contribution in [0.4, 0.5) is 0 Å². The summed E-state index contributed by atoms with van der Waals surface area (Å²) in [6.07, 6.45) is 2.95. The molecule has 0 radical (unpaired) electrons. The lowest BCUT2D eigenvalue weighted by atomic mass is 10.1. The van der Waals surface area contributed by atoms with E-state index < -0.39 is 5.97 Å². The summed E-state index contributed by atoms with van der Waals surface area (Å²) in [5, 5.41) is 11.9. The van der Waals surface area contributed by atoms with Gasteiger partial charge in [0, 0.05) is 32.2 Å². The fraction of sp³-hybridized carbons (Fsp3) is 0.867. The minimum Gasteiger partial charge on any atom is -0.480 e. The lowest BCUT2D eigenvalue weighted by Gasteiger charge is -2.28. The average Bonchev–Trinajstić information content (AvgIpc) is 2.63. The molecule has 2 N–H and O–H groups in total. The van der Waals surface area contributed by atoms with Crippen LogP contribution in [0.5, 0.6) is 0 Å². The molecule has 122 valence electrons. The maximum absolute atomic E-state index is 12.2. The van der Waals surface area contributed by atoms with Crippen LogP contribution in [0.15, 0.2) is 0 Å². The van der Waals surface area contributed by atoms with Crippen molar-refractivity contribution < 1.29 is 14.7 Å². The molecule has 1 saturated heterocycles. The molecular formula is C15H29N3O3. The van der Waals surface area contributed by atoms with Crippen LogP contribution in [-0.4, -0.2) is 71.6 Å². The highest BCUT2D eigenvalue weighted by Gasteiger charge is 2.25. The third-order valence-electron chi connectivity index (χ3n) is 4.02. The Hall–Kier alpha value is -1.14. The quantitative estimate of drug-likeness (QED) is 0.726. The summed E-state index contributed by atoms with van der Waals surface area (Å²) in [6, 6.07) is 0.0505. The summed E-state index contributed by atoms with van der Waals surface area (Å²) < 4.78 is 0. The zero-order valence-corrected chi connectivity index (χ0v) is 13.5. The number of carboxylic acid groups (broad SMARTS) is 1. The normalized spacial score (nSPS) is 20.5. The summed E-state index contributed by atoms with van der Waals surface area (Å²) in [4.78, 5) is 27.1. The number of hydrogen-bond donors (Lipinski definition) is 2. The van der Waals surface area contributed by atoms with E-state index in [1.807, 2.05) is 18.7 Å². The topological polar surface area (TPSA) is 72.9 Å². The SMILES string of the molecule is CCCC(C)NC(=O)C(C)N1CCCN(CC(=O)O)CC1. The predicted molar refractivity (Wildman–Crippen MR) is 82.2 cm³/mol. The monoisotopic (exact) mass is 299 g/mol. The molecule has 1 aliphatic rings. The number of aliphatic carboxylic acids is 1. The van der Waals surface area contributed by atoms with E-state index in [-0.39, 0.29) is 24.5 Å². The van der Waals surface area contributed by atoms with Gasteiger partial charge in [0.05, 0.1) is 12.6 Å². The first-order valence-corrected chi connectivity index (χ1v) is 7.92. The van der Waals surface area contributed by atoms with Crippen molar-refractivity contribution in [1.82, 2.24) is 15.1 Å². The first-order chi connectivity index (χ1) is 9.93. The maximum Gasteiger partial charge on any atom is 0.317 e. The average molecular weight is 299 g/mol. The van der Waals surface area contributed by atoms with E-state index in [0.29, 0.717) is 6.54 Å². The van der Waals surface area contributed by atoms with E-state index in [1.54, 1.807) is 0 Å². The van der Waals surface area contributed by atoms with Crippen molar-refractivity contribution in [1.29, 1.82) is 0 Å². The molecule has 0 aromatic heterocycles. The second-order valence-electron chi connectivity index (χ2n) is 5.93. The molecule has 0 bridgehead atoms. The van der Waals surface area contributed by atoms with Gasteiger partial charge in [0.25, 0.3) is 0 Å². The molecule has 1 heterocycles. The van der Waals surface area contributed by atoms with Gasteiger partial charge in [0.1, 0.15) is 0 Å². The van der Waals surface area contributed by atoms with E-state index in [0.717, 1.165) is 38.9 Å². The lowest BCUT2D eigenvalue weighted by molar-refractivity contribution is -0.138. The van der Waals surface area contributed by atoms with Crippen molar-refractivity contribution in [3.63, 3.8) is 0 Å². The van der Waals surface area contributed by atoms with Crippen LogP contribution >= 0.6 is 0 Å². The number of amides is 1. The zero-order chi connectivity index (χ0) is 15.8. The van der Waals surface area contributed by atoms with E-state index in [2.05, 4.69) is 17.1 Å². The molecule has 2 atom stereocenters. The van der Waals surface area contributed by atoms with E-state index >= 15 is 0 Å². The fourth-order valence-electron chi connectivity index (χ4n) is 2.76. The van der Waals surface area contributed by atoms with Crippen LogP contribution < -0.4 is 5.32 Å². The van der Waals surface area contributed by atoms with E-state index in [1.165, 1.54) is 0 Å². The summed E-state index contributed by atoms with van der Waals surface area (Å²) in [5.41, 5.74) is 0. The van der Waals surface area contributed by atoms with Crippen LogP contribution in [0.2, 0.25) is 0 Å². The van der Waals surface area contributed by atoms with Gasteiger partial charge in [-0.25, -0.2) is 0 Å². The second-order valence-corrected chi connectivity index (χ2v) is 5.93. The minimum absolute atomic E-state index is 0.0719. The molecule has 6 nitrogen and oxygen atoms in total. The Balaban J connectivity index is 2.45. The molecule has 6 heteroatoms. The van der Waals surface area contributed by atoms with E-state index in [4.69, 9.17) is 5.11 Å². The predicted octanol–water partition coefficient (Wildman–Crippen LogP) is 0.772. The standard InChI is InChI=1S/C15H29N3O3/c1-4-6-12(2)16-15(21)13(3)18-8-5-7-17(9-10-18)11-14(19)20/h12-13H,4-11H2,1-3H3,(H,16,21)(H,19,20). The number of carbonyl (C=O) groups is 2. The molecule has 2 unspecified atom stereocenters. The van der Waals surface area contributed by atoms with Gasteiger partial charge in [0.2, 0.25) is 5.91 Å². The number of carboxylic acids is 1. The minimum atomic E-state index is -0.789. The summed E-state index contributed by atoms with van der Waals surface area (Å²) in [7, 11) is 0. The van der Waals surface area contributed by atoms with Gasteiger partial charge in [-0.3, -0.25) is 19.4 Å². The Morgan fingerprint density at radius 2 is 1.90 bits per heavy atom. The fourth-order valence-corrected chi connectivity index (χ4v) is 2.76. The van der Waals surface area contributed by atoms with Crippen molar-refractivity contribution in [3.05, 3.63) is 0 Å². The Bertz CT molecular complexity index is 349. The van der Waals surface area contributed by atoms with Crippen molar-refractivity contribution in [3.8, 4) is 0 Å². The Morgan fingerprint density at radius 3 is 2.52 bits per heavy atom. The Morgan fingerprint density at radius 1 is 1.19 bits per heavy atom. The van der Waals surface area contributed by atoms with Crippen LogP contribution in [-0.2, 0) is 9.59 Å². The molecule has 21 heavy (non-hydrogen) atoms. The van der Waals surface area contributed by atoms with E-state index in [9.17, 15) is 9.59 Å². The number of rotatable bonds is 7. The molecule has 0 aliphatic carbocycles. The molecular weight excluding hydrogens is 270 g/mol. The van der Waals surface area contributed by atoms with Gasteiger partial charge in [-0.2, -0.15) is 0 Å². The lowest BCUT2D eigenvalue weighted by Crippen LogP contribution is -2.48. The highest BCUT2D eigenvalue weighted by Crippen LogP contribution is 2.08. The van der Waals surface area contributed by atoms with Gasteiger partial charge in [-0.05, 0) is 26.7 Å². The third-order valence-corrected chi connectivity index (χ3v) is 4.02. The maximum atomic E-state index is 12.2. The molecule has 0 spiro atoms. The number of nitrogens with zero attached hydrogens (tertiary/aromatic N) is 2. The molecule has 1 rings (SSSR count). The highest BCUT2D eigenvalue weighted by molar-refractivity contribution is 5.81. The van der Waals surface area contributed by atoms with Gasteiger partial charge < -0.3 is 10.4 Å².